The number of rotatable bonds is 3. The Balaban J connectivity index is 2.05. The maximum Gasteiger partial charge on any atom is 0.150 e. The maximum absolute atomic E-state index is 12.0. The van der Waals surface area contributed by atoms with Crippen molar-refractivity contribution < 1.29 is 4.79 Å². The fraction of sp³-hybridized carbons (Fsp3) is 0.500. The molecule has 1 aliphatic rings. The number of aryl methyl sites for hydroxylation is 2. The molecule has 1 atom stereocenters. The first-order valence-electron chi connectivity index (χ1n) is 5.86. The summed E-state index contributed by atoms with van der Waals surface area (Å²) in [5, 5.41) is 0.265. The predicted octanol–water partition coefficient (Wildman–Crippen LogP) is 3.31. The van der Waals surface area contributed by atoms with E-state index in [9.17, 15) is 4.79 Å². The molecule has 1 aromatic rings. The molecule has 1 nitrogen and oxygen atoms in total. The van der Waals surface area contributed by atoms with Gasteiger partial charge in [-0.25, -0.2) is 0 Å². The van der Waals surface area contributed by atoms with E-state index in [2.05, 4.69) is 32.0 Å². The van der Waals surface area contributed by atoms with Gasteiger partial charge in [0.2, 0.25) is 0 Å². The van der Waals surface area contributed by atoms with Gasteiger partial charge in [-0.2, -0.15) is 11.8 Å². The second-order valence-electron chi connectivity index (χ2n) is 4.64. The highest BCUT2D eigenvalue weighted by Gasteiger charge is 2.23. The Bertz CT molecular complexity index is 371. The monoisotopic (exact) mass is 234 g/mol. The van der Waals surface area contributed by atoms with Crippen LogP contribution in [0.5, 0.6) is 0 Å². The van der Waals surface area contributed by atoms with Gasteiger partial charge in [0.1, 0.15) is 5.78 Å². The van der Waals surface area contributed by atoms with Gasteiger partial charge in [-0.1, -0.05) is 29.3 Å². The average molecular weight is 234 g/mol. The van der Waals surface area contributed by atoms with Gasteiger partial charge >= 0.3 is 0 Å². The lowest BCUT2D eigenvalue weighted by Gasteiger charge is -2.08. The molecule has 0 N–H and O–H groups in total. The lowest BCUT2D eigenvalue weighted by molar-refractivity contribution is -0.117. The molecular weight excluding hydrogens is 216 g/mol. The number of hydrogen-bond donors (Lipinski definition) is 0. The van der Waals surface area contributed by atoms with Crippen LogP contribution in [0.2, 0.25) is 0 Å². The fourth-order valence-corrected chi connectivity index (χ4v) is 3.54. The van der Waals surface area contributed by atoms with Crippen LogP contribution in [0.1, 0.15) is 29.5 Å². The summed E-state index contributed by atoms with van der Waals surface area (Å²) in [6.45, 7) is 4.18. The van der Waals surface area contributed by atoms with E-state index in [4.69, 9.17) is 0 Å². The third kappa shape index (κ3) is 2.88. The second kappa shape index (κ2) is 5.05. The Morgan fingerprint density at radius 1 is 1.31 bits per heavy atom. The highest BCUT2D eigenvalue weighted by atomic mass is 32.2. The van der Waals surface area contributed by atoms with E-state index in [0.717, 1.165) is 12.2 Å². The molecule has 1 unspecified atom stereocenters. The molecule has 86 valence electrons. The molecule has 0 spiro atoms. The Morgan fingerprint density at radius 3 is 2.56 bits per heavy atom. The summed E-state index contributed by atoms with van der Waals surface area (Å²) in [6.07, 6.45) is 2.89. The third-order valence-corrected chi connectivity index (χ3v) is 4.37. The molecule has 0 amide bonds. The van der Waals surface area contributed by atoms with Gasteiger partial charge in [0.15, 0.2) is 0 Å². The zero-order valence-electron chi connectivity index (χ0n) is 9.95. The minimum absolute atomic E-state index is 0.265. The van der Waals surface area contributed by atoms with Crippen molar-refractivity contribution in [2.24, 2.45) is 0 Å². The van der Waals surface area contributed by atoms with Gasteiger partial charge in [0.05, 0.1) is 5.25 Å². The standard InChI is InChI=1S/C14H18OS/c1-10-6-11(2)8-12(7-10)9-13(15)14-4-3-5-16-14/h6-8,14H,3-5,9H2,1-2H3. The number of carbonyl (C=O) groups is 1. The summed E-state index contributed by atoms with van der Waals surface area (Å²) in [5.74, 6) is 1.57. The normalized spacial score (nSPS) is 20.0. The molecule has 16 heavy (non-hydrogen) atoms. The van der Waals surface area contributed by atoms with Crippen LogP contribution in [0.4, 0.5) is 0 Å². The number of Topliss-reactive ketones (excluding diaryl/α,β-unsaturated/α-hetero) is 1. The number of ketones is 1. The molecular formula is C14H18OS. The average Bonchev–Trinajstić information content (AvgIpc) is 2.68. The molecule has 1 aliphatic heterocycles. The van der Waals surface area contributed by atoms with Crippen molar-refractivity contribution in [3.63, 3.8) is 0 Å². The predicted molar refractivity (Wildman–Crippen MR) is 70.1 cm³/mol. The maximum atomic E-state index is 12.0. The van der Waals surface area contributed by atoms with Crippen molar-refractivity contribution in [1.82, 2.24) is 0 Å². The number of hydrogen-bond acceptors (Lipinski definition) is 2. The van der Waals surface area contributed by atoms with Gasteiger partial charge in [-0.05, 0) is 38.0 Å². The van der Waals surface area contributed by atoms with E-state index in [1.807, 2.05) is 11.8 Å². The molecule has 0 aliphatic carbocycles. The van der Waals surface area contributed by atoms with Crippen molar-refractivity contribution >= 4 is 17.5 Å². The number of benzene rings is 1. The van der Waals surface area contributed by atoms with Crippen LogP contribution in [0.25, 0.3) is 0 Å². The summed E-state index contributed by atoms with van der Waals surface area (Å²) < 4.78 is 0. The zero-order chi connectivity index (χ0) is 11.5. The SMILES string of the molecule is Cc1cc(C)cc(CC(=O)C2CCCS2)c1. The number of carbonyl (C=O) groups excluding carboxylic acids is 1. The Labute approximate surface area is 102 Å². The minimum atomic E-state index is 0.265. The molecule has 2 heteroatoms. The van der Waals surface area contributed by atoms with Crippen molar-refractivity contribution in [2.75, 3.05) is 5.75 Å². The van der Waals surface area contributed by atoms with Crippen LogP contribution >= 0.6 is 11.8 Å². The molecule has 0 saturated carbocycles. The van der Waals surface area contributed by atoms with Crippen molar-refractivity contribution in [3.05, 3.63) is 34.9 Å². The Morgan fingerprint density at radius 2 is 2.00 bits per heavy atom. The third-order valence-electron chi connectivity index (χ3n) is 2.95. The first kappa shape index (κ1) is 11.7. The lowest BCUT2D eigenvalue weighted by atomic mass is 10.0. The van der Waals surface area contributed by atoms with Crippen LogP contribution in [0.15, 0.2) is 18.2 Å². The van der Waals surface area contributed by atoms with Crippen molar-refractivity contribution in [2.45, 2.75) is 38.4 Å². The van der Waals surface area contributed by atoms with Crippen LogP contribution < -0.4 is 0 Å². The van der Waals surface area contributed by atoms with Gasteiger partial charge in [-0.3, -0.25) is 4.79 Å². The molecule has 1 heterocycles. The highest BCUT2D eigenvalue weighted by Crippen LogP contribution is 2.27. The Hall–Kier alpha value is -0.760. The largest absolute Gasteiger partial charge is 0.298 e. The van der Waals surface area contributed by atoms with Crippen LogP contribution in [-0.4, -0.2) is 16.8 Å². The molecule has 2 rings (SSSR count). The molecule has 1 aromatic carbocycles. The van der Waals surface area contributed by atoms with Gasteiger partial charge in [0.25, 0.3) is 0 Å². The van der Waals surface area contributed by atoms with E-state index in [0.29, 0.717) is 12.2 Å². The first-order chi connectivity index (χ1) is 7.65. The van der Waals surface area contributed by atoms with Gasteiger partial charge in [0, 0.05) is 6.42 Å². The molecule has 0 aromatic heterocycles. The topological polar surface area (TPSA) is 17.1 Å². The smallest absolute Gasteiger partial charge is 0.150 e. The van der Waals surface area contributed by atoms with Gasteiger partial charge < -0.3 is 0 Å². The highest BCUT2D eigenvalue weighted by molar-refractivity contribution is 8.00. The van der Waals surface area contributed by atoms with E-state index >= 15 is 0 Å². The van der Waals surface area contributed by atoms with Crippen LogP contribution in [-0.2, 0) is 11.2 Å². The summed E-state index contributed by atoms with van der Waals surface area (Å²) in [5.41, 5.74) is 3.68. The van der Waals surface area contributed by atoms with E-state index in [-0.39, 0.29) is 5.25 Å². The van der Waals surface area contributed by atoms with E-state index in [1.54, 1.807) is 0 Å². The molecule has 1 fully saturated rings. The molecule has 0 radical (unpaired) electrons. The summed E-state index contributed by atoms with van der Waals surface area (Å²) in [4.78, 5) is 12.0. The number of thioether (sulfide) groups is 1. The Kier molecular flexibility index (Phi) is 3.70. The van der Waals surface area contributed by atoms with Crippen molar-refractivity contribution in [3.8, 4) is 0 Å². The minimum Gasteiger partial charge on any atom is -0.298 e. The van der Waals surface area contributed by atoms with Crippen molar-refractivity contribution in [1.29, 1.82) is 0 Å². The zero-order valence-corrected chi connectivity index (χ0v) is 10.8. The van der Waals surface area contributed by atoms with E-state index < -0.39 is 0 Å². The van der Waals surface area contributed by atoms with Gasteiger partial charge in [-0.15, -0.1) is 0 Å². The summed E-state index contributed by atoms with van der Waals surface area (Å²) in [6, 6.07) is 6.41. The quantitative estimate of drug-likeness (QED) is 0.798. The fourth-order valence-electron chi connectivity index (χ4n) is 2.32. The first-order valence-corrected chi connectivity index (χ1v) is 6.91. The second-order valence-corrected chi connectivity index (χ2v) is 5.95. The molecule has 0 bridgehead atoms. The summed E-state index contributed by atoms with van der Waals surface area (Å²) >= 11 is 1.83. The lowest BCUT2D eigenvalue weighted by Crippen LogP contribution is -2.16. The molecule has 1 saturated heterocycles. The van der Waals surface area contributed by atoms with Crippen LogP contribution in [0.3, 0.4) is 0 Å². The van der Waals surface area contributed by atoms with E-state index in [1.165, 1.54) is 23.1 Å². The van der Waals surface area contributed by atoms with Crippen LogP contribution in [0, 0.1) is 13.8 Å². The summed E-state index contributed by atoms with van der Waals surface area (Å²) in [7, 11) is 0.